The summed E-state index contributed by atoms with van der Waals surface area (Å²) in [6, 6.07) is 29.0. The second-order valence-electron chi connectivity index (χ2n) is 14.0. The largest absolute Gasteiger partial charge is 0.493 e. The van der Waals surface area contributed by atoms with Gasteiger partial charge < -0.3 is 28.6 Å². The molecule has 0 N–H and O–H groups in total. The van der Waals surface area contributed by atoms with Crippen molar-refractivity contribution < 1.29 is 42.5 Å². The molecule has 0 spiro atoms. The third-order valence-electron chi connectivity index (χ3n) is 9.76. The molecule has 3 heterocycles. The van der Waals surface area contributed by atoms with Gasteiger partial charge in [-0.1, -0.05) is 65.7 Å². The second kappa shape index (κ2) is 18.4. The molecule has 2 aliphatic rings. The van der Waals surface area contributed by atoms with E-state index in [9.17, 15) is 18.8 Å². The van der Waals surface area contributed by atoms with Gasteiger partial charge in [0, 0.05) is 50.8 Å². The second-order valence-corrected chi connectivity index (χ2v) is 14.4. The zero-order valence-electron chi connectivity index (χ0n) is 32.0. The number of hydrogen-bond donors (Lipinski definition) is 0. The quantitative estimate of drug-likeness (QED) is 0.0869. The highest BCUT2D eigenvalue weighted by Crippen LogP contribution is 2.37. The zero-order valence-corrected chi connectivity index (χ0v) is 32.8. The van der Waals surface area contributed by atoms with E-state index < -0.39 is 17.8 Å². The molecule has 0 bridgehead atoms. The molecule has 7 rings (SSSR count). The Hall–Kier alpha value is -6.24. The van der Waals surface area contributed by atoms with Crippen LogP contribution < -0.4 is 14.2 Å². The topological polar surface area (TPSA) is 117 Å². The molecule has 0 unspecified atom stereocenters. The lowest BCUT2D eigenvalue weighted by Crippen LogP contribution is -2.49. The number of pyridine rings is 1. The number of piperazine rings is 1. The summed E-state index contributed by atoms with van der Waals surface area (Å²) in [4.78, 5) is 47.0. The molecule has 1 amide bonds. The van der Waals surface area contributed by atoms with Crippen LogP contribution in [-0.4, -0.2) is 72.0 Å². The molecule has 5 aromatic rings. The van der Waals surface area contributed by atoms with Crippen LogP contribution in [0.5, 0.6) is 23.1 Å². The standard InChI is InChI=1S/C45H41ClFN3O8/c1-29-3-5-33(6-4-29)27-55-37-15-16-40(48-25-37)57-41-30(2)23-34(24-39(41)46)38-28-56-44(52)45(53)58-42(38)43(51)50-20-18-49(19-21-50)26-32-9-7-31(8-10-32)17-22-54-36-13-11-35(47)12-14-36/h3-16,23-25H,17-22,26-28H2,1-2H3. The lowest BCUT2D eigenvalue weighted by molar-refractivity contribution is -0.164. The van der Waals surface area contributed by atoms with E-state index in [1.165, 1.54) is 17.7 Å². The first-order valence-corrected chi connectivity index (χ1v) is 19.2. The van der Waals surface area contributed by atoms with E-state index in [4.69, 9.17) is 35.3 Å². The predicted molar refractivity (Wildman–Crippen MR) is 214 cm³/mol. The van der Waals surface area contributed by atoms with Gasteiger partial charge in [-0.15, -0.1) is 0 Å². The number of aromatic nitrogens is 1. The van der Waals surface area contributed by atoms with Gasteiger partial charge in [-0.25, -0.2) is 19.0 Å². The van der Waals surface area contributed by atoms with E-state index in [1.807, 2.05) is 31.2 Å². The summed E-state index contributed by atoms with van der Waals surface area (Å²) in [5, 5.41) is 0.206. The van der Waals surface area contributed by atoms with Crippen LogP contribution in [0.2, 0.25) is 5.02 Å². The molecule has 1 fully saturated rings. The summed E-state index contributed by atoms with van der Waals surface area (Å²) < 4.78 is 41.4. The van der Waals surface area contributed by atoms with Gasteiger partial charge in [0.1, 0.15) is 30.5 Å². The molecule has 58 heavy (non-hydrogen) atoms. The fraction of sp³-hybridized carbons (Fsp3) is 0.244. The van der Waals surface area contributed by atoms with Crippen molar-refractivity contribution in [3.8, 4) is 23.1 Å². The minimum atomic E-state index is -1.28. The molecule has 11 nitrogen and oxygen atoms in total. The van der Waals surface area contributed by atoms with Crippen molar-refractivity contribution in [2.75, 3.05) is 39.4 Å². The summed E-state index contributed by atoms with van der Waals surface area (Å²) in [6.45, 7) is 6.89. The zero-order chi connectivity index (χ0) is 40.6. The van der Waals surface area contributed by atoms with Crippen molar-refractivity contribution in [2.45, 2.75) is 33.4 Å². The molecule has 1 saturated heterocycles. The van der Waals surface area contributed by atoms with Crippen LogP contribution in [0.25, 0.3) is 5.57 Å². The highest BCUT2D eigenvalue weighted by molar-refractivity contribution is 6.33. The summed E-state index contributed by atoms with van der Waals surface area (Å²) in [6.07, 6.45) is 2.27. The summed E-state index contributed by atoms with van der Waals surface area (Å²) in [5.74, 6) is -1.77. The Labute approximate surface area is 340 Å². The number of amides is 1. The normalized spacial score (nSPS) is 14.7. The van der Waals surface area contributed by atoms with Crippen molar-refractivity contribution in [2.24, 2.45) is 0 Å². The van der Waals surface area contributed by atoms with Gasteiger partial charge in [-0.2, -0.15) is 0 Å². The van der Waals surface area contributed by atoms with E-state index >= 15 is 0 Å². The summed E-state index contributed by atoms with van der Waals surface area (Å²) in [7, 11) is 0. The van der Waals surface area contributed by atoms with Crippen LogP contribution in [0.15, 0.2) is 109 Å². The maximum absolute atomic E-state index is 14.0. The van der Waals surface area contributed by atoms with Crippen molar-refractivity contribution in [3.05, 3.63) is 153 Å². The third-order valence-corrected chi connectivity index (χ3v) is 10.0. The molecule has 298 valence electrons. The first kappa shape index (κ1) is 40.0. The number of nitrogens with zero attached hydrogens (tertiary/aromatic N) is 3. The van der Waals surface area contributed by atoms with Gasteiger partial charge in [0.25, 0.3) is 5.91 Å². The Balaban J connectivity index is 0.970. The number of cyclic esters (lactones) is 2. The average Bonchev–Trinajstić information content (AvgIpc) is 3.38. The molecule has 1 aromatic heterocycles. The van der Waals surface area contributed by atoms with Gasteiger partial charge in [0.05, 0.1) is 17.8 Å². The lowest BCUT2D eigenvalue weighted by Gasteiger charge is -2.35. The van der Waals surface area contributed by atoms with Crippen LogP contribution in [0, 0.1) is 19.7 Å². The van der Waals surface area contributed by atoms with Gasteiger partial charge >= 0.3 is 11.9 Å². The van der Waals surface area contributed by atoms with E-state index in [-0.39, 0.29) is 34.7 Å². The number of halogens is 2. The maximum atomic E-state index is 14.0. The summed E-state index contributed by atoms with van der Waals surface area (Å²) >= 11 is 6.75. The smallest absolute Gasteiger partial charge is 0.423 e. The van der Waals surface area contributed by atoms with Crippen molar-refractivity contribution in [1.29, 1.82) is 0 Å². The Morgan fingerprint density at radius 3 is 2.19 bits per heavy atom. The van der Waals surface area contributed by atoms with Crippen molar-refractivity contribution >= 4 is 35.0 Å². The van der Waals surface area contributed by atoms with Crippen molar-refractivity contribution in [1.82, 2.24) is 14.8 Å². The first-order chi connectivity index (χ1) is 28.1. The molecule has 13 heteroatoms. The van der Waals surface area contributed by atoms with Crippen LogP contribution in [0.4, 0.5) is 4.39 Å². The SMILES string of the molecule is Cc1ccc(COc2ccc(Oc3c(C)cc(C4=C(C(=O)N5CCN(Cc6ccc(CCOc7ccc(F)cc7)cc6)CC5)OC(=O)C(=O)OC4)cc3Cl)nc2)cc1. The number of carbonyl (C=O) groups is 3. The van der Waals surface area contributed by atoms with Gasteiger partial charge in [0.2, 0.25) is 11.6 Å². The number of hydrogen-bond acceptors (Lipinski definition) is 10. The molecular formula is C45H41ClFN3O8. The molecule has 0 radical (unpaired) electrons. The van der Waals surface area contributed by atoms with E-state index in [2.05, 4.69) is 34.1 Å². The molecule has 0 atom stereocenters. The van der Waals surface area contributed by atoms with E-state index in [0.29, 0.717) is 80.7 Å². The minimum Gasteiger partial charge on any atom is -0.493 e. The molecule has 4 aromatic carbocycles. The predicted octanol–water partition coefficient (Wildman–Crippen LogP) is 7.64. The highest BCUT2D eigenvalue weighted by Gasteiger charge is 2.35. The van der Waals surface area contributed by atoms with Gasteiger partial charge in [-0.3, -0.25) is 9.69 Å². The monoisotopic (exact) mass is 805 g/mol. The van der Waals surface area contributed by atoms with Crippen molar-refractivity contribution in [3.63, 3.8) is 0 Å². The molecule has 0 saturated carbocycles. The summed E-state index contributed by atoms with van der Waals surface area (Å²) in [5.41, 5.74) is 5.69. The van der Waals surface area contributed by atoms with E-state index in [1.54, 1.807) is 54.4 Å². The molecular weight excluding hydrogens is 765 g/mol. The number of rotatable bonds is 13. The van der Waals surface area contributed by atoms with Crippen LogP contribution in [0.1, 0.15) is 33.4 Å². The minimum absolute atomic E-state index is 0.206. The van der Waals surface area contributed by atoms with Crippen LogP contribution >= 0.6 is 11.6 Å². The third kappa shape index (κ3) is 10.2. The number of aryl methyl sites for hydroxylation is 2. The van der Waals surface area contributed by atoms with Gasteiger partial charge in [-0.05, 0) is 84.1 Å². The highest BCUT2D eigenvalue weighted by atomic mass is 35.5. The lowest BCUT2D eigenvalue weighted by atomic mass is 10.0. The number of benzene rings is 4. The average molecular weight is 806 g/mol. The Bertz CT molecular complexity index is 2270. The fourth-order valence-corrected chi connectivity index (χ4v) is 6.79. The Morgan fingerprint density at radius 2 is 1.50 bits per heavy atom. The van der Waals surface area contributed by atoms with Crippen LogP contribution in [0.3, 0.4) is 0 Å². The maximum Gasteiger partial charge on any atom is 0.423 e. The first-order valence-electron chi connectivity index (χ1n) is 18.8. The van der Waals surface area contributed by atoms with Gasteiger partial charge in [0.15, 0.2) is 5.75 Å². The number of ether oxygens (including phenoxy) is 5. The number of esters is 2. The van der Waals surface area contributed by atoms with E-state index in [0.717, 1.165) is 16.7 Å². The Morgan fingerprint density at radius 1 is 0.810 bits per heavy atom. The molecule has 0 aliphatic carbocycles. The van der Waals surface area contributed by atoms with Crippen LogP contribution in [-0.2, 0) is 43.4 Å². The molecule has 2 aliphatic heterocycles. The number of carbonyl (C=O) groups excluding carboxylic acids is 3. The fourth-order valence-electron chi connectivity index (χ4n) is 6.49. The Kier molecular flexibility index (Phi) is 12.6.